The smallest absolute Gasteiger partial charge is 0.241 e. The Morgan fingerprint density at radius 2 is 1.52 bits per heavy atom. The van der Waals surface area contributed by atoms with Gasteiger partial charge in [0.05, 0.1) is 23.4 Å². The highest BCUT2D eigenvalue weighted by Gasteiger charge is 2.19. The van der Waals surface area contributed by atoms with E-state index in [1.54, 1.807) is 0 Å². The molecule has 3 aromatic rings. The van der Waals surface area contributed by atoms with Gasteiger partial charge in [0.25, 0.3) is 0 Å². The van der Waals surface area contributed by atoms with E-state index in [1.807, 2.05) is 62.4 Å². The van der Waals surface area contributed by atoms with Crippen LogP contribution in [0.25, 0.3) is 21.7 Å². The molecule has 0 aliphatic rings. The molecule has 0 atom stereocenters. The third kappa shape index (κ3) is 5.29. The molecule has 1 N–H and O–H groups in total. The van der Waals surface area contributed by atoms with Gasteiger partial charge >= 0.3 is 0 Å². The number of amides is 1. The number of likely N-dealkylation sites (N-methyl/N-ethyl adjacent to an activating group) is 1. The topological polar surface area (TPSA) is 79.4 Å². The van der Waals surface area contributed by atoms with E-state index in [1.165, 1.54) is 18.4 Å². The first-order valence-corrected chi connectivity index (χ1v) is 11.7. The van der Waals surface area contributed by atoms with Crippen molar-refractivity contribution in [1.82, 2.24) is 9.29 Å². The van der Waals surface area contributed by atoms with Crippen LogP contribution in [0.1, 0.15) is 11.1 Å². The molecule has 6 nitrogen and oxygen atoms in total. The number of aromatic nitrogens is 1. The van der Waals surface area contributed by atoms with Gasteiger partial charge in [0.15, 0.2) is 5.13 Å². The fourth-order valence-electron chi connectivity index (χ4n) is 2.66. The number of hydrogen-bond donors (Lipinski definition) is 1. The van der Waals surface area contributed by atoms with Crippen LogP contribution in [-0.2, 0) is 14.8 Å². The summed E-state index contributed by atoms with van der Waals surface area (Å²) < 4.78 is 24.1. The lowest BCUT2D eigenvalue weighted by atomic mass is 10.0. The number of aryl methyl sites for hydroxylation is 2. The van der Waals surface area contributed by atoms with E-state index in [0.29, 0.717) is 5.13 Å². The Balaban J connectivity index is 1.95. The summed E-state index contributed by atoms with van der Waals surface area (Å²) in [7, 11) is -2.06. The second-order valence-corrected chi connectivity index (χ2v) is 10.1. The largest absolute Gasteiger partial charge is 0.301 e. The molecule has 29 heavy (non-hydrogen) atoms. The molecule has 0 radical (unpaired) electrons. The fourth-order valence-corrected chi connectivity index (χ4v) is 4.02. The maximum atomic E-state index is 12.3. The number of benzene rings is 2. The zero-order valence-corrected chi connectivity index (χ0v) is 18.4. The molecule has 1 aromatic heterocycles. The Bertz CT molecular complexity index is 1060. The molecular formula is C21H23N3O3S2. The van der Waals surface area contributed by atoms with Crippen LogP contribution in [0.2, 0.25) is 0 Å². The molecule has 8 heteroatoms. The highest BCUT2D eigenvalue weighted by molar-refractivity contribution is 7.88. The first kappa shape index (κ1) is 21.2. The van der Waals surface area contributed by atoms with Gasteiger partial charge in [0.1, 0.15) is 0 Å². The molecule has 3 rings (SSSR count). The molecule has 152 valence electrons. The van der Waals surface area contributed by atoms with Crippen molar-refractivity contribution in [3.05, 3.63) is 59.7 Å². The summed E-state index contributed by atoms with van der Waals surface area (Å²) in [6.45, 7) is 3.79. The molecule has 0 aliphatic heterocycles. The Morgan fingerprint density at radius 3 is 2.03 bits per heavy atom. The number of anilines is 1. The molecule has 0 spiro atoms. The second-order valence-electron chi connectivity index (χ2n) is 7.00. The average Bonchev–Trinajstić information content (AvgIpc) is 3.05. The standard InChI is InChI=1S/C21H23N3O3S2/c1-14-5-9-16(10-6-14)19-20(17-11-7-15(2)8-12-17)28-21(23-19)22-18(25)13-24(3)29(4,26)27/h5-12H,13H2,1-4H3,(H,22,23,25). The van der Waals surface area contributed by atoms with Crippen LogP contribution in [-0.4, -0.2) is 43.5 Å². The summed E-state index contributed by atoms with van der Waals surface area (Å²) in [6, 6.07) is 16.2. The van der Waals surface area contributed by atoms with Crippen molar-refractivity contribution >= 4 is 32.4 Å². The number of carbonyl (C=O) groups excluding carboxylic acids is 1. The molecule has 0 unspecified atom stereocenters. The van der Waals surface area contributed by atoms with Crippen LogP contribution in [0, 0.1) is 13.8 Å². The normalized spacial score (nSPS) is 11.6. The zero-order chi connectivity index (χ0) is 21.2. The minimum absolute atomic E-state index is 0.266. The van der Waals surface area contributed by atoms with Crippen molar-refractivity contribution < 1.29 is 13.2 Å². The molecule has 0 aliphatic carbocycles. The number of nitrogens with zero attached hydrogens (tertiary/aromatic N) is 2. The Kier molecular flexibility index (Phi) is 6.16. The van der Waals surface area contributed by atoms with Gasteiger partial charge in [-0.2, -0.15) is 4.31 Å². The number of carbonyl (C=O) groups is 1. The SMILES string of the molecule is Cc1ccc(-c2nc(NC(=O)CN(C)S(C)(=O)=O)sc2-c2ccc(C)cc2)cc1. The van der Waals surface area contributed by atoms with Crippen LogP contribution in [0.5, 0.6) is 0 Å². The molecule has 0 saturated heterocycles. The molecule has 1 heterocycles. The minimum atomic E-state index is -3.43. The van der Waals surface area contributed by atoms with Crippen LogP contribution in [0.15, 0.2) is 48.5 Å². The highest BCUT2D eigenvalue weighted by atomic mass is 32.2. The average molecular weight is 430 g/mol. The molecule has 1 amide bonds. The third-order valence-corrected chi connectivity index (χ3v) is 6.73. The quantitative estimate of drug-likeness (QED) is 0.644. The van der Waals surface area contributed by atoms with Gasteiger partial charge in [-0.15, -0.1) is 0 Å². The number of nitrogens with one attached hydrogen (secondary N) is 1. The van der Waals surface area contributed by atoms with E-state index in [-0.39, 0.29) is 6.54 Å². The number of sulfonamides is 1. The third-order valence-electron chi connectivity index (χ3n) is 4.44. The van der Waals surface area contributed by atoms with Crippen molar-refractivity contribution in [1.29, 1.82) is 0 Å². The van der Waals surface area contributed by atoms with Gasteiger partial charge in [0, 0.05) is 12.6 Å². The Morgan fingerprint density at radius 1 is 1.00 bits per heavy atom. The number of hydrogen-bond acceptors (Lipinski definition) is 5. The maximum absolute atomic E-state index is 12.3. The lowest BCUT2D eigenvalue weighted by Crippen LogP contribution is -2.34. The van der Waals surface area contributed by atoms with E-state index in [4.69, 9.17) is 0 Å². The zero-order valence-electron chi connectivity index (χ0n) is 16.8. The van der Waals surface area contributed by atoms with Crippen molar-refractivity contribution in [2.75, 3.05) is 25.2 Å². The van der Waals surface area contributed by atoms with Gasteiger partial charge in [-0.1, -0.05) is 71.0 Å². The Labute approximate surface area is 175 Å². The van der Waals surface area contributed by atoms with E-state index in [0.717, 1.165) is 43.4 Å². The van der Waals surface area contributed by atoms with Gasteiger partial charge < -0.3 is 5.32 Å². The summed E-state index contributed by atoms with van der Waals surface area (Å²) >= 11 is 1.37. The van der Waals surface area contributed by atoms with E-state index in [2.05, 4.69) is 10.3 Å². The van der Waals surface area contributed by atoms with Crippen molar-refractivity contribution in [2.45, 2.75) is 13.8 Å². The van der Waals surface area contributed by atoms with Crippen molar-refractivity contribution in [2.24, 2.45) is 0 Å². The second kappa shape index (κ2) is 8.44. The molecule has 0 saturated carbocycles. The van der Waals surface area contributed by atoms with E-state index >= 15 is 0 Å². The van der Waals surface area contributed by atoms with Crippen LogP contribution in [0.3, 0.4) is 0 Å². The van der Waals surface area contributed by atoms with Crippen molar-refractivity contribution in [3.63, 3.8) is 0 Å². The molecule has 0 bridgehead atoms. The lowest BCUT2D eigenvalue weighted by molar-refractivity contribution is -0.116. The maximum Gasteiger partial charge on any atom is 0.241 e. The highest BCUT2D eigenvalue weighted by Crippen LogP contribution is 2.39. The predicted molar refractivity (Wildman–Crippen MR) is 119 cm³/mol. The molecule has 2 aromatic carbocycles. The lowest BCUT2D eigenvalue weighted by Gasteiger charge is -2.12. The summed E-state index contributed by atoms with van der Waals surface area (Å²) in [4.78, 5) is 17.9. The van der Waals surface area contributed by atoms with Gasteiger partial charge in [-0.25, -0.2) is 13.4 Å². The summed E-state index contributed by atoms with van der Waals surface area (Å²) in [5.41, 5.74) is 5.06. The Hall–Kier alpha value is -2.55. The van der Waals surface area contributed by atoms with E-state index < -0.39 is 15.9 Å². The molecule has 0 fully saturated rings. The van der Waals surface area contributed by atoms with E-state index in [9.17, 15) is 13.2 Å². The van der Waals surface area contributed by atoms with Gasteiger partial charge in [0.2, 0.25) is 15.9 Å². The summed E-state index contributed by atoms with van der Waals surface area (Å²) in [5, 5.41) is 3.16. The number of rotatable bonds is 6. The van der Waals surface area contributed by atoms with Gasteiger partial charge in [-0.05, 0) is 19.4 Å². The monoisotopic (exact) mass is 429 g/mol. The van der Waals surface area contributed by atoms with Crippen LogP contribution in [0.4, 0.5) is 5.13 Å². The first-order valence-electron chi connectivity index (χ1n) is 8.99. The van der Waals surface area contributed by atoms with Gasteiger partial charge in [-0.3, -0.25) is 4.79 Å². The van der Waals surface area contributed by atoms with Crippen LogP contribution >= 0.6 is 11.3 Å². The first-order chi connectivity index (χ1) is 13.6. The summed E-state index contributed by atoms with van der Waals surface area (Å²) in [5.74, 6) is -0.433. The minimum Gasteiger partial charge on any atom is -0.301 e. The number of thiazole rings is 1. The van der Waals surface area contributed by atoms with Crippen LogP contribution < -0.4 is 5.32 Å². The molecular weight excluding hydrogens is 406 g/mol. The van der Waals surface area contributed by atoms with Crippen molar-refractivity contribution in [3.8, 4) is 21.7 Å². The summed E-state index contributed by atoms with van der Waals surface area (Å²) in [6.07, 6.45) is 1.06. The predicted octanol–water partition coefficient (Wildman–Crippen LogP) is 3.92. The fraction of sp³-hybridized carbons (Fsp3) is 0.238.